The molecule has 0 aromatic heterocycles. The molecule has 0 bridgehead atoms. The van der Waals surface area contributed by atoms with Crippen molar-refractivity contribution in [1.29, 1.82) is 0 Å². The van der Waals surface area contributed by atoms with Crippen LogP contribution in [0, 0.1) is 6.92 Å². The molecule has 4 aromatic carbocycles. The highest BCUT2D eigenvalue weighted by atomic mass is 32.2. The first-order valence-corrected chi connectivity index (χ1v) is 18.8. The summed E-state index contributed by atoms with van der Waals surface area (Å²) in [4.78, 5) is 2.70. The van der Waals surface area contributed by atoms with Crippen LogP contribution in [-0.2, 0) is 37.8 Å². The number of ether oxygens (including phenoxy) is 2. The van der Waals surface area contributed by atoms with Crippen LogP contribution in [0.25, 0.3) is 5.57 Å². The van der Waals surface area contributed by atoms with Crippen LogP contribution in [0.1, 0.15) is 34.2 Å². The van der Waals surface area contributed by atoms with Crippen LogP contribution in [0.4, 0.5) is 11.4 Å². The second-order valence-electron chi connectivity index (χ2n) is 12.1. The highest BCUT2D eigenvalue weighted by Gasteiger charge is 2.34. The van der Waals surface area contributed by atoms with Gasteiger partial charge in [0.15, 0.2) is 0 Å². The predicted octanol–water partition coefficient (Wildman–Crippen LogP) is 6.62. The average molecular weight is 704 g/mol. The Kier molecular flexibility index (Phi) is 8.51. The van der Waals surface area contributed by atoms with Crippen LogP contribution in [0.15, 0.2) is 111 Å². The zero-order chi connectivity index (χ0) is 33.8. The number of nitrogens with zero attached hydrogens (tertiary/aromatic N) is 1. The van der Waals surface area contributed by atoms with Gasteiger partial charge in [0.25, 0.3) is 20.2 Å². The van der Waals surface area contributed by atoms with Gasteiger partial charge in [-0.05, 0) is 90.6 Å². The van der Waals surface area contributed by atoms with E-state index in [0.29, 0.717) is 38.2 Å². The molecule has 0 saturated carbocycles. The molecule has 4 aromatic rings. The van der Waals surface area contributed by atoms with E-state index in [0.717, 1.165) is 55.2 Å². The standard InChI is InChI=1S/C36H33NO8S3/c1-22-6-9-27(47(38,39)40)18-23(22)15-17-44-26-8-12-30-34(21-26)45-33-20-25(7-11-29(33)36(30)31-4-2-3-5-35(31)46)37-16-14-24-19-28(48(41,42)43)10-13-32(24)37/h2-13,18-20,26,34,46H,14-17,21H2,1H3,(H,38,39,40)(H,41,42,43). The monoisotopic (exact) mass is 703 g/mol. The Balaban J connectivity index is 1.17. The Labute approximate surface area is 285 Å². The number of hydrogen-bond acceptors (Lipinski definition) is 8. The number of thiol groups is 1. The number of hydrogen-bond donors (Lipinski definition) is 3. The van der Waals surface area contributed by atoms with Gasteiger partial charge in [-0.15, -0.1) is 12.6 Å². The zero-order valence-electron chi connectivity index (χ0n) is 25.9. The molecular formula is C36H33NO8S3. The Bertz CT molecular complexity index is 2230. The maximum atomic E-state index is 11.7. The van der Waals surface area contributed by atoms with Crippen LogP contribution in [0.2, 0.25) is 0 Å². The minimum absolute atomic E-state index is 0.117. The van der Waals surface area contributed by atoms with E-state index < -0.39 is 20.2 Å². The Morgan fingerprint density at radius 2 is 1.67 bits per heavy atom. The number of fused-ring (bicyclic) bond motifs is 3. The van der Waals surface area contributed by atoms with E-state index in [2.05, 4.69) is 11.0 Å². The van der Waals surface area contributed by atoms with Crippen LogP contribution >= 0.6 is 12.6 Å². The molecule has 0 amide bonds. The molecule has 12 heteroatoms. The van der Waals surface area contributed by atoms with Crippen molar-refractivity contribution in [3.05, 3.63) is 124 Å². The summed E-state index contributed by atoms with van der Waals surface area (Å²) >= 11 is 4.79. The molecule has 2 atom stereocenters. The number of benzene rings is 4. The molecular weight excluding hydrogens is 671 g/mol. The molecule has 0 fully saturated rings. The fraction of sp³-hybridized carbons (Fsp3) is 0.222. The SMILES string of the molecule is Cc1ccc(S(=O)(=O)O)cc1CCOC1C=CC2=C(c3ccccc3S)c3ccc(N4CCc5cc(S(=O)(=O)O)ccc54)cc3OC2C1. The summed E-state index contributed by atoms with van der Waals surface area (Å²) in [7, 11) is -8.60. The number of aryl methyl sites for hydroxylation is 1. The smallest absolute Gasteiger partial charge is 0.294 e. The van der Waals surface area contributed by atoms with Crippen LogP contribution in [0.5, 0.6) is 5.75 Å². The first-order chi connectivity index (χ1) is 22.9. The van der Waals surface area contributed by atoms with Gasteiger partial charge in [0.2, 0.25) is 0 Å². The van der Waals surface area contributed by atoms with Gasteiger partial charge in [-0.1, -0.05) is 36.4 Å². The van der Waals surface area contributed by atoms with Gasteiger partial charge in [0, 0.05) is 52.0 Å². The summed E-state index contributed by atoms with van der Waals surface area (Å²) in [5, 5.41) is 0. The number of anilines is 2. The van der Waals surface area contributed by atoms with Crippen molar-refractivity contribution in [2.45, 2.75) is 53.1 Å². The Morgan fingerprint density at radius 1 is 0.917 bits per heavy atom. The van der Waals surface area contributed by atoms with Crippen LogP contribution < -0.4 is 9.64 Å². The van der Waals surface area contributed by atoms with Crippen LogP contribution in [-0.4, -0.2) is 51.3 Å². The van der Waals surface area contributed by atoms with Gasteiger partial charge in [0.05, 0.1) is 22.5 Å². The Hall–Kier alpha value is -3.91. The molecule has 2 aliphatic heterocycles. The van der Waals surface area contributed by atoms with Gasteiger partial charge in [0.1, 0.15) is 11.9 Å². The average Bonchev–Trinajstić information content (AvgIpc) is 3.47. The van der Waals surface area contributed by atoms with Gasteiger partial charge in [-0.2, -0.15) is 16.8 Å². The lowest BCUT2D eigenvalue weighted by molar-refractivity contribution is 0.0533. The summed E-state index contributed by atoms with van der Waals surface area (Å²) in [6.07, 6.45) is 5.19. The number of rotatable bonds is 8. The third-order valence-corrected chi connectivity index (χ3v) is 11.2. The molecule has 9 nitrogen and oxygen atoms in total. The summed E-state index contributed by atoms with van der Waals surface area (Å²) < 4.78 is 78.7. The summed E-state index contributed by atoms with van der Waals surface area (Å²) in [6.45, 7) is 2.88. The van der Waals surface area contributed by atoms with Gasteiger partial charge >= 0.3 is 0 Å². The van der Waals surface area contributed by atoms with E-state index in [4.69, 9.17) is 22.1 Å². The molecule has 248 valence electrons. The largest absolute Gasteiger partial charge is 0.485 e. The third-order valence-electron chi connectivity index (χ3n) is 9.13. The zero-order valence-corrected chi connectivity index (χ0v) is 28.4. The third kappa shape index (κ3) is 6.31. The molecule has 7 rings (SSSR count). The van der Waals surface area contributed by atoms with E-state index in [-0.39, 0.29) is 22.0 Å². The van der Waals surface area contributed by atoms with E-state index >= 15 is 0 Å². The second kappa shape index (κ2) is 12.5. The lowest BCUT2D eigenvalue weighted by Crippen LogP contribution is -2.32. The van der Waals surface area contributed by atoms with E-state index in [1.807, 2.05) is 55.5 Å². The molecule has 0 saturated heterocycles. The first kappa shape index (κ1) is 32.6. The molecule has 2 N–H and O–H groups in total. The Morgan fingerprint density at radius 3 is 2.44 bits per heavy atom. The fourth-order valence-electron chi connectivity index (χ4n) is 6.70. The maximum absolute atomic E-state index is 11.7. The quantitative estimate of drug-likeness (QED) is 0.137. The van der Waals surface area contributed by atoms with Crippen molar-refractivity contribution in [3.8, 4) is 5.75 Å². The lowest BCUT2D eigenvalue weighted by atomic mass is 9.83. The van der Waals surface area contributed by atoms with Crippen molar-refractivity contribution >= 4 is 49.8 Å². The van der Waals surface area contributed by atoms with E-state index in [9.17, 15) is 25.9 Å². The summed E-state index contributed by atoms with van der Waals surface area (Å²) in [6, 6.07) is 23.3. The minimum atomic E-state index is -4.30. The molecule has 3 aliphatic rings. The summed E-state index contributed by atoms with van der Waals surface area (Å²) in [5.41, 5.74) is 8.29. The van der Waals surface area contributed by atoms with Gasteiger partial charge in [-0.25, -0.2) is 0 Å². The lowest BCUT2D eigenvalue weighted by Gasteiger charge is -2.35. The first-order valence-electron chi connectivity index (χ1n) is 15.5. The van der Waals surface area contributed by atoms with Crippen molar-refractivity contribution in [2.75, 3.05) is 18.1 Å². The predicted molar refractivity (Wildman–Crippen MR) is 186 cm³/mol. The van der Waals surface area contributed by atoms with Crippen molar-refractivity contribution in [2.24, 2.45) is 0 Å². The fourth-order valence-corrected chi connectivity index (χ4v) is 8.03. The van der Waals surface area contributed by atoms with E-state index in [1.165, 1.54) is 24.3 Å². The summed E-state index contributed by atoms with van der Waals surface area (Å²) in [5.74, 6) is 0.711. The molecule has 1 aliphatic carbocycles. The molecule has 2 heterocycles. The normalized spacial score (nSPS) is 18.7. The van der Waals surface area contributed by atoms with Crippen LogP contribution in [0.3, 0.4) is 0 Å². The maximum Gasteiger partial charge on any atom is 0.294 e. The molecule has 48 heavy (non-hydrogen) atoms. The highest BCUT2D eigenvalue weighted by Crippen LogP contribution is 2.47. The van der Waals surface area contributed by atoms with E-state index in [1.54, 1.807) is 12.1 Å². The topological polar surface area (TPSA) is 130 Å². The van der Waals surface area contributed by atoms with Gasteiger partial charge in [-0.3, -0.25) is 9.11 Å². The van der Waals surface area contributed by atoms with Crippen molar-refractivity contribution < 1.29 is 35.4 Å². The molecule has 0 radical (unpaired) electrons. The van der Waals surface area contributed by atoms with Crippen molar-refractivity contribution in [3.63, 3.8) is 0 Å². The van der Waals surface area contributed by atoms with Gasteiger partial charge < -0.3 is 14.4 Å². The minimum Gasteiger partial charge on any atom is -0.485 e. The molecule has 0 spiro atoms. The molecule has 2 unspecified atom stereocenters. The second-order valence-corrected chi connectivity index (χ2v) is 15.4. The highest BCUT2D eigenvalue weighted by molar-refractivity contribution is 7.86. The van der Waals surface area contributed by atoms with Crippen molar-refractivity contribution in [1.82, 2.24) is 0 Å².